The lowest BCUT2D eigenvalue weighted by Crippen LogP contribution is -2.65. The Balaban J connectivity index is 1.16. The number of hydrogen-bond donors (Lipinski definition) is 1. The van der Waals surface area contributed by atoms with Gasteiger partial charge in [0.2, 0.25) is 5.28 Å². The molecule has 10 nitrogen and oxygen atoms in total. The van der Waals surface area contributed by atoms with Crippen LogP contribution in [0.1, 0.15) is 62.2 Å². The minimum absolute atomic E-state index is 0.00890. The van der Waals surface area contributed by atoms with Crippen molar-refractivity contribution in [3.63, 3.8) is 0 Å². The van der Waals surface area contributed by atoms with Crippen molar-refractivity contribution in [1.82, 2.24) is 30.4 Å². The normalized spacial score (nSPS) is 17.6. The van der Waals surface area contributed by atoms with E-state index in [0.29, 0.717) is 5.82 Å². The zero-order chi connectivity index (χ0) is 29.6. The molecule has 0 radical (unpaired) electrons. The fraction of sp³-hybridized carbons (Fsp3) is 0.500. The molecule has 0 unspecified atom stereocenters. The van der Waals surface area contributed by atoms with E-state index in [1.165, 1.54) is 18.2 Å². The van der Waals surface area contributed by atoms with Gasteiger partial charge in [-0.3, -0.25) is 9.78 Å². The molecule has 12 heteroatoms. The first-order chi connectivity index (χ1) is 20.1. The van der Waals surface area contributed by atoms with Crippen molar-refractivity contribution in [3.05, 3.63) is 58.4 Å². The molecule has 222 valence electrons. The Hall–Kier alpha value is -3.57. The Morgan fingerprint density at radius 2 is 1.90 bits per heavy atom. The molecule has 2 fully saturated rings. The fourth-order valence-electron chi connectivity index (χ4n) is 6.42. The molecule has 1 saturated carbocycles. The fourth-order valence-corrected chi connectivity index (χ4v) is 6.54. The minimum Gasteiger partial charge on any atom is -0.490 e. The van der Waals surface area contributed by atoms with Crippen molar-refractivity contribution >= 4 is 23.3 Å². The first kappa shape index (κ1) is 28.5. The van der Waals surface area contributed by atoms with Crippen molar-refractivity contribution in [2.45, 2.75) is 71.7 Å². The van der Waals surface area contributed by atoms with Gasteiger partial charge in [0, 0.05) is 67.6 Å². The van der Waals surface area contributed by atoms with Crippen LogP contribution < -0.4 is 19.7 Å². The van der Waals surface area contributed by atoms with Crippen molar-refractivity contribution in [3.8, 4) is 17.4 Å². The van der Waals surface area contributed by atoms with Crippen LogP contribution in [-0.2, 0) is 13.0 Å². The number of rotatable bonds is 8. The minimum atomic E-state index is -0.534. The molecule has 1 saturated heterocycles. The number of carbonyl (C=O) groups is 1. The van der Waals surface area contributed by atoms with Crippen molar-refractivity contribution in [2.24, 2.45) is 5.41 Å². The van der Waals surface area contributed by atoms with Crippen molar-refractivity contribution < 1.29 is 18.7 Å². The van der Waals surface area contributed by atoms with E-state index in [2.05, 4.69) is 25.5 Å². The number of aromatic nitrogens is 4. The quantitative estimate of drug-likeness (QED) is 0.393. The van der Waals surface area contributed by atoms with Crippen molar-refractivity contribution in [2.75, 3.05) is 24.5 Å². The smallest absolute Gasteiger partial charge is 0.282 e. The predicted molar refractivity (Wildman–Crippen MR) is 156 cm³/mol. The van der Waals surface area contributed by atoms with Crippen LogP contribution in [0.25, 0.3) is 0 Å². The zero-order valence-corrected chi connectivity index (χ0v) is 25.0. The summed E-state index contributed by atoms with van der Waals surface area (Å²) in [7, 11) is 0. The largest absolute Gasteiger partial charge is 0.490 e. The van der Waals surface area contributed by atoms with Gasteiger partial charge >= 0.3 is 0 Å². The summed E-state index contributed by atoms with van der Waals surface area (Å²) < 4.78 is 26.8. The lowest BCUT2D eigenvalue weighted by Gasteiger charge is -2.58. The summed E-state index contributed by atoms with van der Waals surface area (Å²) in [6, 6.07) is 5.65. The molecule has 2 aliphatic heterocycles. The highest BCUT2D eigenvalue weighted by molar-refractivity contribution is 6.28. The summed E-state index contributed by atoms with van der Waals surface area (Å²) in [6.45, 7) is 10.9. The first-order valence-corrected chi connectivity index (χ1v) is 14.8. The molecule has 6 rings (SSSR count). The zero-order valence-electron chi connectivity index (χ0n) is 24.2. The molecule has 4 heterocycles. The predicted octanol–water partition coefficient (Wildman–Crippen LogP) is 4.80. The molecule has 0 atom stereocenters. The number of nitrogens with zero attached hydrogens (tertiary/aromatic N) is 6. The van der Waals surface area contributed by atoms with Crippen molar-refractivity contribution in [1.29, 1.82) is 0 Å². The second-order valence-corrected chi connectivity index (χ2v) is 12.4. The average Bonchev–Trinajstić information content (AvgIpc) is 2.91. The number of amides is 1. The molecule has 42 heavy (non-hydrogen) atoms. The van der Waals surface area contributed by atoms with Crippen LogP contribution in [0.15, 0.2) is 30.5 Å². The van der Waals surface area contributed by atoms with Crippen LogP contribution in [0.5, 0.6) is 17.4 Å². The Morgan fingerprint density at radius 3 is 2.64 bits per heavy atom. The van der Waals surface area contributed by atoms with E-state index in [9.17, 15) is 9.18 Å². The highest BCUT2D eigenvalue weighted by Crippen LogP contribution is 2.52. The number of nitrogens with one attached hydrogen (secondary N) is 1. The number of fused-ring (bicyclic) bond motifs is 1. The maximum atomic E-state index is 14.3. The topological polar surface area (TPSA) is 106 Å². The van der Waals surface area contributed by atoms with Crippen LogP contribution in [0, 0.1) is 11.2 Å². The van der Waals surface area contributed by atoms with Gasteiger partial charge in [0.25, 0.3) is 11.8 Å². The lowest BCUT2D eigenvalue weighted by molar-refractivity contribution is -0.0350. The van der Waals surface area contributed by atoms with Gasteiger partial charge in [-0.25, -0.2) is 4.39 Å². The summed E-state index contributed by atoms with van der Waals surface area (Å²) >= 11 is 6.14. The maximum absolute atomic E-state index is 14.3. The molecular formula is C30H35ClFN7O3. The van der Waals surface area contributed by atoms with Crippen LogP contribution in [0.4, 0.5) is 10.2 Å². The second-order valence-electron chi connectivity index (χ2n) is 12.0. The molecule has 1 aromatic carbocycles. The maximum Gasteiger partial charge on any atom is 0.282 e. The second kappa shape index (κ2) is 11.3. The summed E-state index contributed by atoms with van der Waals surface area (Å²) in [5.41, 5.74) is 2.49. The summed E-state index contributed by atoms with van der Waals surface area (Å²) in [4.78, 5) is 26.1. The number of ether oxygens (including phenoxy) is 2. The highest BCUT2D eigenvalue weighted by Gasteiger charge is 2.54. The average molecular weight is 596 g/mol. The molecule has 3 aromatic rings. The van der Waals surface area contributed by atoms with Gasteiger partial charge in [-0.15, -0.1) is 10.2 Å². The number of anilines is 1. The van der Waals surface area contributed by atoms with E-state index in [-0.39, 0.29) is 52.0 Å². The van der Waals surface area contributed by atoms with E-state index in [0.717, 1.165) is 62.4 Å². The van der Waals surface area contributed by atoms with Crippen LogP contribution in [0.3, 0.4) is 0 Å². The Labute approximate surface area is 249 Å². The Bertz CT molecular complexity index is 1480. The van der Waals surface area contributed by atoms with Crippen LogP contribution in [0.2, 0.25) is 5.28 Å². The third kappa shape index (κ3) is 5.47. The third-order valence-electron chi connectivity index (χ3n) is 8.25. The van der Waals surface area contributed by atoms with Gasteiger partial charge in [0.05, 0.1) is 5.56 Å². The van der Waals surface area contributed by atoms with Gasteiger partial charge in [0.1, 0.15) is 23.4 Å². The molecular weight excluding hydrogens is 561 g/mol. The Kier molecular flexibility index (Phi) is 7.65. The third-order valence-corrected chi connectivity index (χ3v) is 8.41. The number of carbonyl (C=O) groups excluding carboxylic acids is 1. The molecule has 3 aliphatic rings. The number of pyridine rings is 1. The van der Waals surface area contributed by atoms with E-state index in [1.807, 2.05) is 44.9 Å². The molecule has 2 aromatic heterocycles. The number of benzene rings is 1. The number of hydrogen-bond acceptors (Lipinski definition) is 9. The van der Waals surface area contributed by atoms with Crippen LogP contribution >= 0.6 is 11.6 Å². The summed E-state index contributed by atoms with van der Waals surface area (Å²) in [6.07, 6.45) is 4.73. The highest BCUT2D eigenvalue weighted by atomic mass is 35.5. The van der Waals surface area contributed by atoms with Gasteiger partial charge in [-0.2, -0.15) is 4.98 Å². The number of halogens is 2. The van der Waals surface area contributed by atoms with Crippen LogP contribution in [-0.4, -0.2) is 68.8 Å². The summed E-state index contributed by atoms with van der Waals surface area (Å²) in [5, 5.41) is 11.4. The lowest BCUT2D eigenvalue weighted by atomic mass is 9.61. The van der Waals surface area contributed by atoms with Gasteiger partial charge < -0.3 is 24.6 Å². The van der Waals surface area contributed by atoms with Gasteiger partial charge in [0.15, 0.2) is 5.82 Å². The monoisotopic (exact) mass is 595 g/mol. The first-order valence-electron chi connectivity index (χ1n) is 14.4. The van der Waals surface area contributed by atoms with E-state index < -0.39 is 5.82 Å². The molecule has 1 spiro atoms. The Morgan fingerprint density at radius 1 is 1.14 bits per heavy atom. The molecule has 0 bridgehead atoms. The van der Waals surface area contributed by atoms with Gasteiger partial charge in [-0.05, 0) is 76.4 Å². The SMILES string of the molecule is CC(C)N(C(=O)c1cc(F)ccc1Oc1nnc(Cl)nc1N1CC2(CC(Oc3ccnc4c3CNCC4)C2)C1)C(C)C. The molecule has 1 aliphatic carbocycles. The van der Waals surface area contributed by atoms with E-state index in [1.54, 1.807) is 4.90 Å². The molecule has 1 amide bonds. The van der Waals surface area contributed by atoms with Gasteiger partial charge in [-0.1, -0.05) is 0 Å². The summed E-state index contributed by atoms with van der Waals surface area (Å²) in [5.74, 6) is 0.776. The van der Waals surface area contributed by atoms with E-state index >= 15 is 0 Å². The molecule has 1 N–H and O–H groups in total. The standard InChI is InChI=1S/C30H35ClFN7O3/c1-17(2)39(18(3)4)28(40)21-11-19(32)5-6-24(21)42-27-26(35-29(31)37-36-27)38-15-30(16-38)12-20(13-30)41-25-8-10-34-23-7-9-33-14-22(23)25/h5-6,8,10-11,17-18,20,33H,7,9,12-16H2,1-4H3. The van der Waals surface area contributed by atoms with E-state index in [4.69, 9.17) is 21.1 Å².